The maximum absolute atomic E-state index is 13.5. The number of amides is 1. The van der Waals surface area contributed by atoms with Crippen LogP contribution in [0.4, 0.5) is 0 Å². The highest BCUT2D eigenvalue weighted by Gasteiger charge is 2.46. The van der Waals surface area contributed by atoms with Gasteiger partial charge in [0, 0.05) is 18.5 Å². The van der Waals surface area contributed by atoms with Gasteiger partial charge < -0.3 is 19.5 Å². The Morgan fingerprint density at radius 1 is 1.03 bits per heavy atom. The third kappa shape index (κ3) is 5.70. The summed E-state index contributed by atoms with van der Waals surface area (Å²) in [5, 5.41) is 11.5. The molecule has 0 aromatic heterocycles. The molecule has 0 unspecified atom stereocenters. The van der Waals surface area contributed by atoms with Crippen LogP contribution in [0.3, 0.4) is 0 Å². The number of carbonyl (C=O) groups excluding carboxylic acids is 2. The van der Waals surface area contributed by atoms with E-state index in [-0.39, 0.29) is 17.4 Å². The molecule has 202 valence electrons. The number of hydrogen-bond donors (Lipinski definition) is 1. The average Bonchev–Trinajstić information content (AvgIpc) is 3.45. The second kappa shape index (κ2) is 11.8. The number of benzene rings is 3. The van der Waals surface area contributed by atoms with E-state index in [9.17, 15) is 14.7 Å². The number of ether oxygens (including phenoxy) is 2. The summed E-state index contributed by atoms with van der Waals surface area (Å²) in [6, 6.07) is 22.1. The van der Waals surface area contributed by atoms with Crippen LogP contribution in [0.25, 0.3) is 5.76 Å². The Balaban J connectivity index is 1.52. The molecule has 0 spiro atoms. The fourth-order valence-electron chi connectivity index (χ4n) is 5.39. The van der Waals surface area contributed by atoms with Crippen LogP contribution in [-0.4, -0.2) is 41.0 Å². The van der Waals surface area contributed by atoms with Crippen LogP contribution in [0.5, 0.6) is 11.5 Å². The van der Waals surface area contributed by atoms with Crippen LogP contribution in [0.1, 0.15) is 61.4 Å². The summed E-state index contributed by atoms with van der Waals surface area (Å²) in [7, 11) is 0. The molecular weight excluding hydrogens is 490 g/mol. The first-order valence-electron chi connectivity index (χ1n) is 13.8. The lowest BCUT2D eigenvalue weighted by Gasteiger charge is -2.26. The van der Waals surface area contributed by atoms with E-state index >= 15 is 0 Å². The van der Waals surface area contributed by atoms with E-state index < -0.39 is 17.7 Å². The lowest BCUT2D eigenvalue weighted by Crippen LogP contribution is -2.31. The van der Waals surface area contributed by atoms with Gasteiger partial charge in [0.25, 0.3) is 11.7 Å². The van der Waals surface area contributed by atoms with Gasteiger partial charge in [-0.05, 0) is 66.8 Å². The number of fused-ring (bicyclic) bond motifs is 1. The number of aliphatic hydroxyl groups excluding tert-OH is 1. The van der Waals surface area contributed by atoms with Gasteiger partial charge in [-0.25, -0.2) is 0 Å². The van der Waals surface area contributed by atoms with Gasteiger partial charge in [0.15, 0.2) is 0 Å². The van der Waals surface area contributed by atoms with Crippen molar-refractivity contribution in [2.75, 3.05) is 13.2 Å². The van der Waals surface area contributed by atoms with E-state index in [1.807, 2.05) is 73.7 Å². The smallest absolute Gasteiger partial charge is 0.295 e. The van der Waals surface area contributed by atoms with Crippen molar-refractivity contribution in [2.24, 2.45) is 0 Å². The second-order valence-corrected chi connectivity index (χ2v) is 10.3. The third-order valence-corrected chi connectivity index (χ3v) is 7.38. The molecule has 6 heteroatoms. The van der Waals surface area contributed by atoms with Crippen LogP contribution in [0.2, 0.25) is 0 Å². The van der Waals surface area contributed by atoms with Gasteiger partial charge in [-0.1, -0.05) is 62.2 Å². The van der Waals surface area contributed by atoms with Gasteiger partial charge in [0.2, 0.25) is 0 Å². The van der Waals surface area contributed by atoms with E-state index in [0.717, 1.165) is 48.1 Å². The van der Waals surface area contributed by atoms with E-state index in [4.69, 9.17) is 9.47 Å². The van der Waals surface area contributed by atoms with Gasteiger partial charge in [-0.2, -0.15) is 0 Å². The molecule has 1 N–H and O–H groups in total. The fourth-order valence-corrected chi connectivity index (χ4v) is 5.39. The Morgan fingerprint density at radius 2 is 1.85 bits per heavy atom. The molecule has 3 aromatic carbocycles. The highest BCUT2D eigenvalue weighted by atomic mass is 16.5. The number of unbranched alkanes of at least 4 members (excludes halogenated alkanes) is 2. The topological polar surface area (TPSA) is 76.1 Å². The first-order valence-corrected chi connectivity index (χ1v) is 13.8. The van der Waals surface area contributed by atoms with Gasteiger partial charge >= 0.3 is 0 Å². The maximum Gasteiger partial charge on any atom is 0.295 e. The van der Waals surface area contributed by atoms with Crippen molar-refractivity contribution in [1.82, 2.24) is 4.90 Å². The molecule has 2 atom stereocenters. The minimum Gasteiger partial charge on any atom is -0.507 e. The highest BCUT2D eigenvalue weighted by Crippen LogP contribution is 2.41. The summed E-state index contributed by atoms with van der Waals surface area (Å²) in [6.07, 6.45) is 4.52. The summed E-state index contributed by atoms with van der Waals surface area (Å²) in [6.45, 7) is 5.08. The number of likely N-dealkylation sites (tertiary alicyclic amines) is 1. The summed E-state index contributed by atoms with van der Waals surface area (Å²) in [5.41, 5.74) is 3.38. The van der Waals surface area contributed by atoms with Crippen molar-refractivity contribution >= 4 is 17.4 Å². The summed E-state index contributed by atoms with van der Waals surface area (Å²) >= 11 is 0. The Morgan fingerprint density at radius 3 is 2.64 bits per heavy atom. The van der Waals surface area contributed by atoms with Crippen molar-refractivity contribution in [2.45, 2.75) is 58.1 Å². The van der Waals surface area contributed by atoms with Crippen molar-refractivity contribution in [3.05, 3.63) is 101 Å². The van der Waals surface area contributed by atoms with Crippen molar-refractivity contribution in [3.63, 3.8) is 0 Å². The SMILES string of the molecule is CCCCCOc1cccc([C@@H]2C(=C(O)c3ccc4c(c3)C[C@H](C)O4)C(=O)C(=O)N2CCc2ccccc2)c1. The Kier molecular flexibility index (Phi) is 8.01. The molecular formula is C33H35NO5. The Hall–Kier alpha value is -4.06. The van der Waals surface area contributed by atoms with E-state index in [2.05, 4.69) is 6.92 Å². The molecule has 39 heavy (non-hydrogen) atoms. The zero-order chi connectivity index (χ0) is 27.4. The standard InChI is InChI=1S/C33H35NO5/c1-3-4-8-18-38-27-13-9-12-24(21-27)30-29(31(35)25-14-15-28-26(20-25)19-22(2)39-28)32(36)33(37)34(30)17-16-23-10-6-5-7-11-23/h5-7,9-15,20-22,30,35H,3-4,8,16-19H2,1-2H3/t22-,30+/m0/s1. The number of carbonyl (C=O) groups is 2. The lowest BCUT2D eigenvalue weighted by atomic mass is 9.94. The third-order valence-electron chi connectivity index (χ3n) is 7.38. The van der Waals surface area contributed by atoms with Gasteiger partial charge in [0.05, 0.1) is 18.2 Å². The van der Waals surface area contributed by atoms with Crippen LogP contribution in [0.15, 0.2) is 78.4 Å². The largest absolute Gasteiger partial charge is 0.507 e. The molecule has 0 radical (unpaired) electrons. The summed E-state index contributed by atoms with van der Waals surface area (Å²) in [5.74, 6) is 0.0137. The molecule has 0 bridgehead atoms. The molecule has 6 nitrogen and oxygen atoms in total. The maximum atomic E-state index is 13.5. The Labute approximate surface area is 229 Å². The molecule has 3 aromatic rings. The number of ketones is 1. The van der Waals surface area contributed by atoms with E-state index in [0.29, 0.717) is 30.9 Å². The lowest BCUT2D eigenvalue weighted by molar-refractivity contribution is -0.139. The van der Waals surface area contributed by atoms with Gasteiger partial charge in [-0.3, -0.25) is 9.59 Å². The molecule has 2 aliphatic heterocycles. The molecule has 1 saturated heterocycles. The molecule has 0 aliphatic carbocycles. The zero-order valence-corrected chi connectivity index (χ0v) is 22.6. The molecule has 1 amide bonds. The first kappa shape index (κ1) is 26.5. The predicted octanol–water partition coefficient (Wildman–Crippen LogP) is 6.24. The first-order chi connectivity index (χ1) is 19.0. The highest BCUT2D eigenvalue weighted by molar-refractivity contribution is 6.46. The number of nitrogens with zero attached hydrogens (tertiary/aromatic N) is 1. The number of aliphatic hydroxyl groups is 1. The molecule has 2 heterocycles. The minimum absolute atomic E-state index is 0.0565. The Bertz CT molecular complexity index is 1380. The van der Waals surface area contributed by atoms with Gasteiger partial charge in [-0.15, -0.1) is 0 Å². The summed E-state index contributed by atoms with van der Waals surface area (Å²) in [4.78, 5) is 28.4. The molecule has 1 fully saturated rings. The van der Waals surface area contributed by atoms with Gasteiger partial charge in [0.1, 0.15) is 23.4 Å². The summed E-state index contributed by atoms with van der Waals surface area (Å²) < 4.78 is 11.8. The van der Waals surface area contributed by atoms with Crippen LogP contribution in [-0.2, 0) is 22.4 Å². The normalized spacial score (nSPS) is 19.7. The molecule has 0 saturated carbocycles. The predicted molar refractivity (Wildman–Crippen MR) is 151 cm³/mol. The second-order valence-electron chi connectivity index (χ2n) is 10.3. The van der Waals surface area contributed by atoms with E-state index in [1.165, 1.54) is 0 Å². The van der Waals surface area contributed by atoms with Crippen molar-refractivity contribution < 1.29 is 24.2 Å². The van der Waals surface area contributed by atoms with Crippen molar-refractivity contribution in [1.29, 1.82) is 0 Å². The number of rotatable bonds is 10. The molecule has 5 rings (SSSR count). The van der Waals surface area contributed by atoms with Crippen molar-refractivity contribution in [3.8, 4) is 11.5 Å². The minimum atomic E-state index is -0.726. The molecule has 2 aliphatic rings. The number of hydrogen-bond acceptors (Lipinski definition) is 5. The van der Waals surface area contributed by atoms with E-state index in [1.54, 1.807) is 11.0 Å². The monoisotopic (exact) mass is 525 g/mol. The quantitative estimate of drug-likeness (QED) is 0.147. The zero-order valence-electron chi connectivity index (χ0n) is 22.6. The van der Waals surface area contributed by atoms with Crippen LogP contribution >= 0.6 is 0 Å². The van der Waals surface area contributed by atoms with Crippen LogP contribution in [0, 0.1) is 0 Å². The van der Waals surface area contributed by atoms with Crippen LogP contribution < -0.4 is 9.47 Å². The average molecular weight is 526 g/mol. The fraction of sp³-hybridized carbons (Fsp3) is 0.333. The number of Topliss-reactive ketones (excluding diaryl/α,β-unsaturated/α-hetero) is 1.